The molecule has 4 fully saturated rings. The zero-order valence-electron chi connectivity index (χ0n) is 71.2. The van der Waals surface area contributed by atoms with Gasteiger partial charge in [-0.1, -0.05) is 325 Å². The Labute approximate surface area is 704 Å². The van der Waals surface area contributed by atoms with E-state index < -0.39 is 76.0 Å². The maximum absolute atomic E-state index is 15.2. The Morgan fingerprint density at radius 1 is 0.353 bits per heavy atom. The number of aliphatic hydroxyl groups excluding tert-OH is 1. The molecule has 632 valence electrons. The zero-order chi connectivity index (χ0) is 83.5. The minimum absolute atomic E-state index is 0.193. The minimum atomic E-state index is -2.07. The average Bonchev–Trinajstić information content (AvgIpc) is 0.788. The molecular weight excluding hydrogens is 1560 g/mol. The van der Waals surface area contributed by atoms with Gasteiger partial charge in [-0.05, 0) is 230 Å². The van der Waals surface area contributed by atoms with Crippen LogP contribution in [0.25, 0.3) is 33.4 Å². The van der Waals surface area contributed by atoms with E-state index in [1.807, 2.05) is 55.6 Å². The molecule has 0 amide bonds. The average molecular weight is 1700 g/mol. The summed E-state index contributed by atoms with van der Waals surface area (Å²) in [6.07, 6.45) is 45.7. The molecule has 15 heteroatoms. The predicted molar refractivity (Wildman–Crippen MR) is 482 cm³/mol. The van der Waals surface area contributed by atoms with Crippen LogP contribution in [0.1, 0.15) is 298 Å². The third-order valence-corrected chi connectivity index (χ3v) is 31.6. The molecule has 0 atom stereocenters. The highest BCUT2D eigenvalue weighted by Gasteiger charge is 2.31. The van der Waals surface area contributed by atoms with Crippen LogP contribution in [-0.2, 0) is 0 Å². The lowest BCUT2D eigenvalue weighted by molar-refractivity contribution is 0.284. The molecule has 4 aliphatic carbocycles. The Morgan fingerprint density at radius 3 is 1.03 bits per heavy atom. The SMILES string of the molecule is CCCCCC1CCC(c2ccc(-c3ccc([SiH](C)C)c(F)c3F)cc2)CC1.CCCCCC1CCC(c2ccc(-c3ccc([Si](C)(C)CCCCCO)c(F)c3F)cc2)CC1.CCCCCC1CCC(c2ccc(-c3cccc(F)c3F)cc2)CC1.CCCCCC1CCC(c2ccc(Br)cc2)CC1.OB(O)c1cccc(F)c1F. The smallest absolute Gasteiger partial charge is 0.423 e. The highest BCUT2D eigenvalue weighted by Crippen LogP contribution is 2.43. The summed E-state index contributed by atoms with van der Waals surface area (Å²) in [7, 11) is -5.41. The van der Waals surface area contributed by atoms with E-state index in [1.54, 1.807) is 35.9 Å². The molecule has 0 unspecified atom stereocenters. The fourth-order valence-electron chi connectivity index (χ4n) is 18.4. The highest BCUT2D eigenvalue weighted by molar-refractivity contribution is 9.10. The second-order valence-corrected chi connectivity index (χ2v) is 43.7. The van der Waals surface area contributed by atoms with E-state index in [2.05, 4.69) is 117 Å². The van der Waals surface area contributed by atoms with Crippen LogP contribution in [0.5, 0.6) is 0 Å². The van der Waals surface area contributed by atoms with Crippen LogP contribution in [0.2, 0.25) is 32.2 Å². The minimum Gasteiger partial charge on any atom is -0.423 e. The van der Waals surface area contributed by atoms with Crippen LogP contribution < -0.4 is 15.8 Å². The molecule has 3 nitrogen and oxygen atoms in total. The maximum Gasteiger partial charge on any atom is 0.491 e. The molecule has 116 heavy (non-hydrogen) atoms. The number of unbranched alkanes of at least 4 members (excludes halogenated alkanes) is 10. The van der Waals surface area contributed by atoms with Crippen LogP contribution >= 0.6 is 15.9 Å². The molecule has 4 aliphatic rings. The van der Waals surface area contributed by atoms with Gasteiger partial charge in [0.1, 0.15) is 0 Å². The first-order valence-electron chi connectivity index (χ1n) is 44.9. The molecule has 0 spiro atoms. The molecule has 3 N–H and O–H groups in total. The van der Waals surface area contributed by atoms with Crippen LogP contribution in [0.4, 0.5) is 35.1 Å². The normalized spacial score (nSPS) is 19.5. The van der Waals surface area contributed by atoms with Gasteiger partial charge in [-0.2, -0.15) is 0 Å². The van der Waals surface area contributed by atoms with Gasteiger partial charge in [0, 0.05) is 33.2 Å². The number of halogens is 9. The van der Waals surface area contributed by atoms with E-state index in [0.29, 0.717) is 44.8 Å². The summed E-state index contributed by atoms with van der Waals surface area (Å²) >= 11 is 3.51. The van der Waals surface area contributed by atoms with Gasteiger partial charge >= 0.3 is 7.12 Å². The van der Waals surface area contributed by atoms with Gasteiger partial charge in [-0.3, -0.25) is 0 Å². The Bertz CT molecular complexity index is 4110. The second kappa shape index (κ2) is 50.3. The molecule has 4 saturated carbocycles. The number of aliphatic hydroxyl groups is 1. The summed E-state index contributed by atoms with van der Waals surface area (Å²) < 4.78 is 113. The van der Waals surface area contributed by atoms with Crippen molar-refractivity contribution in [3.05, 3.63) is 231 Å². The van der Waals surface area contributed by atoms with Crippen molar-refractivity contribution in [3.8, 4) is 33.4 Å². The van der Waals surface area contributed by atoms with Gasteiger partial charge < -0.3 is 15.2 Å². The lowest BCUT2D eigenvalue weighted by Gasteiger charge is -2.29. The fraction of sp³-hybridized carbons (Fsp3) is 0.525. The largest absolute Gasteiger partial charge is 0.491 e. The van der Waals surface area contributed by atoms with Gasteiger partial charge in [0.05, 0.1) is 16.9 Å². The van der Waals surface area contributed by atoms with E-state index in [9.17, 15) is 26.3 Å². The van der Waals surface area contributed by atoms with Gasteiger partial charge in [0.25, 0.3) is 0 Å². The monoisotopic (exact) mass is 1690 g/mol. The summed E-state index contributed by atoms with van der Waals surface area (Å²) in [5.41, 5.74) is 8.46. The van der Waals surface area contributed by atoms with Gasteiger partial charge in [0.2, 0.25) is 0 Å². The van der Waals surface area contributed by atoms with Crippen molar-refractivity contribution in [2.45, 2.75) is 308 Å². The molecule has 0 saturated heterocycles. The fourth-order valence-corrected chi connectivity index (χ4v) is 22.4. The number of benzene rings is 8. The van der Waals surface area contributed by atoms with Crippen LogP contribution in [0.15, 0.2) is 162 Å². The van der Waals surface area contributed by atoms with Crippen LogP contribution in [-0.4, -0.2) is 45.8 Å². The molecule has 0 bridgehead atoms. The maximum atomic E-state index is 15.2. The van der Waals surface area contributed by atoms with Gasteiger partial charge in [-0.25, -0.2) is 35.1 Å². The van der Waals surface area contributed by atoms with Crippen molar-refractivity contribution in [2.24, 2.45) is 23.7 Å². The van der Waals surface area contributed by atoms with Crippen LogP contribution in [0.3, 0.4) is 0 Å². The Kier molecular flexibility index (Phi) is 41.5. The molecule has 0 heterocycles. The molecule has 0 aromatic heterocycles. The first-order valence-corrected chi connectivity index (χ1v) is 51.7. The van der Waals surface area contributed by atoms with Crippen molar-refractivity contribution >= 4 is 55.8 Å². The summed E-state index contributed by atoms with van der Waals surface area (Å²) in [5.74, 6) is -0.211. The first-order chi connectivity index (χ1) is 56.0. The first kappa shape index (κ1) is 95.5. The predicted octanol–water partition coefficient (Wildman–Crippen LogP) is 29.2. The molecule has 0 aliphatic heterocycles. The van der Waals surface area contributed by atoms with E-state index in [-0.39, 0.29) is 6.61 Å². The molecule has 0 radical (unpaired) electrons. The van der Waals surface area contributed by atoms with E-state index >= 15 is 8.78 Å². The molecule has 8 aromatic carbocycles. The Balaban J connectivity index is 0.000000188. The third-order valence-electron chi connectivity index (χ3n) is 25.9. The summed E-state index contributed by atoms with van der Waals surface area (Å²) in [5, 5.41) is 27.1. The topological polar surface area (TPSA) is 60.7 Å². The van der Waals surface area contributed by atoms with Crippen molar-refractivity contribution in [3.63, 3.8) is 0 Å². The number of hydrogen-bond donors (Lipinski definition) is 3. The van der Waals surface area contributed by atoms with Crippen LogP contribution in [0, 0.1) is 70.2 Å². The number of hydrogen-bond acceptors (Lipinski definition) is 3. The molecule has 12 rings (SSSR count). The van der Waals surface area contributed by atoms with Gasteiger partial charge in [-0.15, -0.1) is 0 Å². The van der Waals surface area contributed by atoms with E-state index in [0.717, 1.165) is 89.8 Å². The van der Waals surface area contributed by atoms with Crippen molar-refractivity contribution in [2.75, 3.05) is 6.61 Å². The van der Waals surface area contributed by atoms with Crippen molar-refractivity contribution in [1.29, 1.82) is 0 Å². The van der Waals surface area contributed by atoms with E-state index in [4.69, 9.17) is 15.2 Å². The van der Waals surface area contributed by atoms with E-state index in [1.165, 1.54) is 233 Å². The summed E-state index contributed by atoms with van der Waals surface area (Å²) in [6, 6.07) is 49.0. The number of rotatable bonds is 31. The standard InChI is InChI=1S/C30H44F2OSi.C25H34F2Si.C23H28F2.C17H25Br.C6H5BF2O2/c1-4-5-7-10-23-11-13-24(14-12-23)25-15-17-26(18-16-25)27-19-20-28(30(32)29(27)31)34(2,3)22-9-6-8-21-33;1-4-5-6-7-18-8-10-19(11-9-18)20-12-14-21(15-13-20)22-16-17-23(28(2)3)25(27)24(22)26;1-2-3-4-6-17-9-11-18(12-10-17)19-13-15-20(16-14-19)21-7-5-8-22(24)23(21)25;1-2-3-4-5-14-6-8-15(9-7-14)16-10-12-17(18)13-11-16;8-5-3-1-2-4(6(5)9)7(10)11/h15-20,23-24,33H,4-14,21-22H2,1-3H3;12-19,28H,4-11H2,1-3H3;5,7-8,13-18H,2-4,6,9-12H2,1H3;10-15H,2-9H2,1H3;1-3,10-11H. The second-order valence-electron chi connectivity index (χ2n) is 35.1. The van der Waals surface area contributed by atoms with Crippen molar-refractivity contribution < 1.29 is 50.3 Å². The molecular formula is C101H136BBrF8O3Si2. The highest BCUT2D eigenvalue weighted by atomic mass is 79.9. The Hall–Kier alpha value is -5.94. The van der Waals surface area contributed by atoms with Crippen molar-refractivity contribution in [1.82, 2.24) is 0 Å². The lowest BCUT2D eigenvalue weighted by Crippen LogP contribution is -2.43. The zero-order valence-corrected chi connectivity index (χ0v) is 74.9. The third kappa shape index (κ3) is 29.5. The Morgan fingerprint density at radius 2 is 0.690 bits per heavy atom. The lowest BCUT2D eigenvalue weighted by atomic mass is 9.77. The quantitative estimate of drug-likeness (QED) is 0.0231. The molecule has 8 aromatic rings. The summed E-state index contributed by atoms with van der Waals surface area (Å²) in [6.45, 7) is 17.5. The van der Waals surface area contributed by atoms with Gasteiger partial charge in [0.15, 0.2) is 46.5 Å². The summed E-state index contributed by atoms with van der Waals surface area (Å²) in [4.78, 5) is 0.